The first-order chi connectivity index (χ1) is 14.1. The van der Waals surface area contributed by atoms with Crippen molar-refractivity contribution in [2.45, 2.75) is 52.3 Å². The summed E-state index contributed by atoms with van der Waals surface area (Å²) in [5, 5.41) is 3.87. The molecule has 1 amide bonds. The molecule has 0 N–H and O–H groups in total. The van der Waals surface area contributed by atoms with Crippen LogP contribution in [0.15, 0.2) is 53.1 Å². The van der Waals surface area contributed by atoms with Crippen molar-refractivity contribution in [3.63, 3.8) is 0 Å². The highest BCUT2D eigenvalue weighted by atomic mass is 16.5. The Labute approximate surface area is 170 Å². The van der Waals surface area contributed by atoms with E-state index in [0.29, 0.717) is 42.0 Å². The second-order valence-electron chi connectivity index (χ2n) is 7.42. The van der Waals surface area contributed by atoms with E-state index >= 15 is 0 Å². The lowest BCUT2D eigenvalue weighted by molar-refractivity contribution is 0.0730. The zero-order valence-corrected chi connectivity index (χ0v) is 16.8. The van der Waals surface area contributed by atoms with Crippen molar-refractivity contribution in [2.75, 3.05) is 0 Å². The van der Waals surface area contributed by atoms with E-state index in [9.17, 15) is 4.79 Å². The molecule has 150 valence electrons. The fourth-order valence-electron chi connectivity index (χ4n) is 3.26. The Morgan fingerprint density at radius 1 is 1.21 bits per heavy atom. The Bertz CT molecular complexity index is 977. The summed E-state index contributed by atoms with van der Waals surface area (Å²) in [6.07, 6.45) is 2.84. The van der Waals surface area contributed by atoms with Gasteiger partial charge in [-0.3, -0.25) is 4.79 Å². The molecular formula is C23H25N3O3. The number of rotatable bonds is 8. The van der Waals surface area contributed by atoms with Crippen molar-refractivity contribution in [3.8, 4) is 5.75 Å². The second kappa shape index (κ2) is 8.47. The monoisotopic (exact) mass is 391 g/mol. The number of nitrogens with zero attached hydrogens (tertiary/aromatic N) is 3. The van der Waals surface area contributed by atoms with Crippen LogP contribution in [0.3, 0.4) is 0 Å². The number of carbonyl (C=O) groups is 1. The van der Waals surface area contributed by atoms with Crippen LogP contribution in [-0.4, -0.2) is 27.0 Å². The van der Waals surface area contributed by atoms with Crippen LogP contribution < -0.4 is 4.74 Å². The number of hydrogen-bond acceptors (Lipinski definition) is 5. The highest BCUT2D eigenvalue weighted by Crippen LogP contribution is 2.30. The predicted octanol–water partition coefficient (Wildman–Crippen LogP) is 4.32. The van der Waals surface area contributed by atoms with Gasteiger partial charge in [-0.1, -0.05) is 41.9 Å². The van der Waals surface area contributed by atoms with Gasteiger partial charge in [0.15, 0.2) is 6.61 Å². The smallest absolute Gasteiger partial charge is 0.254 e. The SMILES string of the molecule is CCc1nc(COc2ccc(C(=O)N(Cc3cccc(C)c3)C3CC3)cc2)no1. The standard InChI is InChI=1S/C23H25N3O3/c1-3-22-24-21(25-29-22)15-28-20-11-7-18(8-12-20)23(27)26(19-9-10-19)14-17-6-4-5-16(2)13-17/h4-8,11-13,19H,3,9-10,14-15H2,1-2H3. The Morgan fingerprint density at radius 3 is 2.66 bits per heavy atom. The van der Waals surface area contributed by atoms with Crippen LogP contribution in [0.4, 0.5) is 0 Å². The van der Waals surface area contributed by atoms with Crippen molar-refractivity contribution in [2.24, 2.45) is 0 Å². The molecule has 1 aliphatic rings. The maximum atomic E-state index is 13.1. The molecule has 2 aromatic carbocycles. The topological polar surface area (TPSA) is 68.5 Å². The molecule has 0 radical (unpaired) electrons. The Morgan fingerprint density at radius 2 is 2.00 bits per heavy atom. The Kier molecular flexibility index (Phi) is 5.60. The van der Waals surface area contributed by atoms with Crippen molar-refractivity contribution >= 4 is 5.91 Å². The first kappa shape index (κ1) is 19.2. The highest BCUT2D eigenvalue weighted by molar-refractivity contribution is 5.94. The van der Waals surface area contributed by atoms with Crippen LogP contribution in [0.2, 0.25) is 0 Å². The molecule has 4 rings (SSSR count). The molecule has 0 unspecified atom stereocenters. The quantitative estimate of drug-likeness (QED) is 0.572. The average Bonchev–Trinajstić information content (AvgIpc) is 3.48. The zero-order chi connectivity index (χ0) is 20.2. The minimum absolute atomic E-state index is 0.0614. The molecule has 1 fully saturated rings. The Balaban J connectivity index is 1.40. The van der Waals surface area contributed by atoms with E-state index in [0.717, 1.165) is 18.4 Å². The molecule has 0 spiro atoms. The summed E-state index contributed by atoms with van der Waals surface area (Å²) in [4.78, 5) is 19.3. The second-order valence-corrected chi connectivity index (χ2v) is 7.42. The number of ether oxygens (including phenoxy) is 1. The summed E-state index contributed by atoms with van der Waals surface area (Å²) >= 11 is 0. The third-order valence-electron chi connectivity index (χ3n) is 4.97. The molecule has 0 bridgehead atoms. The molecule has 1 aromatic heterocycles. The van der Waals surface area contributed by atoms with Crippen LogP contribution >= 0.6 is 0 Å². The van der Waals surface area contributed by atoms with Gasteiger partial charge in [0, 0.05) is 24.6 Å². The fraction of sp³-hybridized carbons (Fsp3) is 0.348. The van der Waals surface area contributed by atoms with Gasteiger partial charge in [-0.25, -0.2) is 0 Å². The van der Waals surface area contributed by atoms with E-state index in [1.54, 1.807) is 0 Å². The number of amides is 1. The van der Waals surface area contributed by atoms with E-state index in [4.69, 9.17) is 9.26 Å². The van der Waals surface area contributed by atoms with Crippen LogP contribution in [0.25, 0.3) is 0 Å². The Hall–Kier alpha value is -3.15. The zero-order valence-electron chi connectivity index (χ0n) is 16.8. The van der Waals surface area contributed by atoms with Gasteiger partial charge in [0.1, 0.15) is 5.75 Å². The van der Waals surface area contributed by atoms with Crippen molar-refractivity contribution < 1.29 is 14.1 Å². The molecule has 0 saturated heterocycles. The molecule has 6 heteroatoms. The predicted molar refractivity (Wildman–Crippen MR) is 109 cm³/mol. The van der Waals surface area contributed by atoms with Crippen LogP contribution in [0, 0.1) is 6.92 Å². The maximum absolute atomic E-state index is 13.1. The third-order valence-corrected chi connectivity index (χ3v) is 4.97. The molecule has 1 heterocycles. The first-order valence-corrected chi connectivity index (χ1v) is 10.0. The van der Waals surface area contributed by atoms with E-state index < -0.39 is 0 Å². The summed E-state index contributed by atoms with van der Waals surface area (Å²) in [6, 6.07) is 15.9. The van der Waals surface area contributed by atoms with Crippen LogP contribution in [-0.2, 0) is 19.6 Å². The van der Waals surface area contributed by atoms with Crippen molar-refractivity contribution in [3.05, 3.63) is 76.9 Å². The minimum Gasteiger partial charge on any atom is -0.485 e. The summed E-state index contributed by atoms with van der Waals surface area (Å²) in [5.41, 5.74) is 3.04. The minimum atomic E-state index is 0.0614. The van der Waals surface area contributed by atoms with Gasteiger partial charge in [0.2, 0.25) is 11.7 Å². The summed E-state index contributed by atoms with van der Waals surface area (Å²) in [5.74, 6) is 1.84. The van der Waals surface area contributed by atoms with Gasteiger partial charge in [-0.2, -0.15) is 4.98 Å². The van der Waals surface area contributed by atoms with Gasteiger partial charge >= 0.3 is 0 Å². The normalized spacial score (nSPS) is 13.3. The highest BCUT2D eigenvalue weighted by Gasteiger charge is 2.33. The molecule has 1 aliphatic carbocycles. The number of benzene rings is 2. The van der Waals surface area contributed by atoms with Crippen LogP contribution in [0.1, 0.15) is 53.0 Å². The summed E-state index contributed by atoms with van der Waals surface area (Å²) in [7, 11) is 0. The van der Waals surface area contributed by atoms with Gasteiger partial charge in [0.05, 0.1) is 0 Å². The molecule has 1 saturated carbocycles. The fourth-order valence-corrected chi connectivity index (χ4v) is 3.26. The molecular weight excluding hydrogens is 366 g/mol. The number of aromatic nitrogens is 2. The van der Waals surface area contributed by atoms with E-state index in [1.807, 2.05) is 42.2 Å². The summed E-state index contributed by atoms with van der Waals surface area (Å²) in [6.45, 7) is 4.90. The van der Waals surface area contributed by atoms with Gasteiger partial charge in [0.25, 0.3) is 5.91 Å². The first-order valence-electron chi connectivity index (χ1n) is 10.0. The molecule has 29 heavy (non-hydrogen) atoms. The van der Waals surface area contributed by atoms with Gasteiger partial charge < -0.3 is 14.2 Å². The molecule has 0 atom stereocenters. The lowest BCUT2D eigenvalue weighted by atomic mass is 10.1. The largest absolute Gasteiger partial charge is 0.485 e. The van der Waals surface area contributed by atoms with Gasteiger partial charge in [-0.15, -0.1) is 0 Å². The molecule has 6 nitrogen and oxygen atoms in total. The van der Waals surface area contributed by atoms with Gasteiger partial charge in [-0.05, 0) is 49.6 Å². The van der Waals surface area contributed by atoms with Crippen molar-refractivity contribution in [1.82, 2.24) is 15.0 Å². The van der Waals surface area contributed by atoms with E-state index in [2.05, 4.69) is 35.3 Å². The van der Waals surface area contributed by atoms with E-state index in [1.165, 1.54) is 5.56 Å². The van der Waals surface area contributed by atoms with Crippen molar-refractivity contribution in [1.29, 1.82) is 0 Å². The third kappa shape index (κ3) is 4.83. The lowest BCUT2D eigenvalue weighted by Gasteiger charge is -2.23. The van der Waals surface area contributed by atoms with E-state index in [-0.39, 0.29) is 12.5 Å². The number of hydrogen-bond donors (Lipinski definition) is 0. The average molecular weight is 391 g/mol. The lowest BCUT2D eigenvalue weighted by Crippen LogP contribution is -2.32. The number of carbonyl (C=O) groups excluding carboxylic acids is 1. The number of aryl methyl sites for hydroxylation is 2. The molecule has 3 aromatic rings. The summed E-state index contributed by atoms with van der Waals surface area (Å²) < 4.78 is 10.8. The van der Waals surface area contributed by atoms with Crippen LogP contribution in [0.5, 0.6) is 5.75 Å². The maximum Gasteiger partial charge on any atom is 0.254 e. The molecule has 0 aliphatic heterocycles.